The van der Waals surface area contributed by atoms with Gasteiger partial charge in [-0.2, -0.15) is 8.42 Å². The fraction of sp³-hybridized carbons (Fsp3) is 0.417. The van der Waals surface area contributed by atoms with Crippen molar-refractivity contribution in [3.63, 3.8) is 0 Å². The van der Waals surface area contributed by atoms with Crippen molar-refractivity contribution in [3.8, 4) is 0 Å². The largest absolute Gasteiger partial charge is 0.371 e. The quantitative estimate of drug-likeness (QED) is 0.753. The number of fused-ring (bicyclic) bond motifs is 1. The lowest BCUT2D eigenvalue weighted by molar-refractivity contribution is 0.271. The molecular formula is C12H16N6O3S. The molecule has 2 atom stereocenters. The van der Waals surface area contributed by atoms with Crippen molar-refractivity contribution >= 4 is 27.3 Å². The fourth-order valence-electron chi connectivity index (χ4n) is 2.54. The van der Waals surface area contributed by atoms with Gasteiger partial charge in [0.15, 0.2) is 11.5 Å². The van der Waals surface area contributed by atoms with E-state index in [1.165, 1.54) is 6.33 Å². The normalized spacial score (nSPS) is 21.5. The van der Waals surface area contributed by atoms with E-state index in [1.807, 2.05) is 16.7 Å². The molecule has 2 aromatic heterocycles. The van der Waals surface area contributed by atoms with Gasteiger partial charge in [-0.1, -0.05) is 12.2 Å². The summed E-state index contributed by atoms with van der Waals surface area (Å²) in [4.78, 5) is 12.7. The van der Waals surface area contributed by atoms with Crippen molar-refractivity contribution < 1.29 is 12.6 Å². The number of rotatable bonds is 5. The van der Waals surface area contributed by atoms with Gasteiger partial charge in [-0.05, 0) is 6.42 Å². The molecule has 0 aliphatic heterocycles. The van der Waals surface area contributed by atoms with Crippen molar-refractivity contribution in [3.05, 3.63) is 24.8 Å². The Hall–Kier alpha value is -2.04. The molecule has 0 saturated heterocycles. The van der Waals surface area contributed by atoms with Crippen LogP contribution in [0.1, 0.15) is 12.5 Å². The van der Waals surface area contributed by atoms with Crippen LogP contribution in [0, 0.1) is 5.92 Å². The molecule has 0 saturated carbocycles. The van der Waals surface area contributed by atoms with Crippen LogP contribution >= 0.6 is 0 Å². The Morgan fingerprint density at radius 3 is 2.95 bits per heavy atom. The molecule has 0 aromatic carbocycles. The third-order valence-corrected chi connectivity index (χ3v) is 4.01. The molecule has 0 spiro atoms. The Bertz CT molecular complexity index is 815. The van der Waals surface area contributed by atoms with Crippen LogP contribution in [0.15, 0.2) is 24.8 Å². The molecule has 0 amide bonds. The van der Waals surface area contributed by atoms with E-state index in [-0.39, 0.29) is 18.6 Å². The number of allylic oxidation sites excluding steroid dienone is 1. The summed E-state index contributed by atoms with van der Waals surface area (Å²) in [5.41, 5.74) is 1.42. The molecule has 2 heterocycles. The van der Waals surface area contributed by atoms with Crippen molar-refractivity contribution in [2.75, 3.05) is 19.0 Å². The first-order valence-electron chi connectivity index (χ1n) is 6.68. The number of imidazole rings is 1. The monoisotopic (exact) mass is 324 g/mol. The zero-order chi connectivity index (χ0) is 15.7. The molecule has 0 bridgehead atoms. The van der Waals surface area contributed by atoms with Crippen LogP contribution in [0.2, 0.25) is 0 Å². The highest BCUT2D eigenvalue weighted by atomic mass is 32.2. The van der Waals surface area contributed by atoms with E-state index in [0.29, 0.717) is 17.8 Å². The number of nitrogens with zero attached hydrogens (tertiary/aromatic N) is 4. The summed E-state index contributed by atoms with van der Waals surface area (Å²) < 4.78 is 28.2. The number of hydrogen-bond acceptors (Lipinski definition) is 7. The Labute approximate surface area is 127 Å². The summed E-state index contributed by atoms with van der Waals surface area (Å²) in [5.74, 6) is 0.645. The van der Waals surface area contributed by atoms with Crippen LogP contribution in [-0.2, 0) is 14.5 Å². The van der Waals surface area contributed by atoms with E-state index >= 15 is 0 Å². The van der Waals surface area contributed by atoms with Gasteiger partial charge in [0.25, 0.3) is 0 Å². The lowest BCUT2D eigenvalue weighted by Crippen LogP contribution is -2.19. The van der Waals surface area contributed by atoms with E-state index in [9.17, 15) is 8.42 Å². The van der Waals surface area contributed by atoms with Crippen LogP contribution in [0.3, 0.4) is 0 Å². The van der Waals surface area contributed by atoms with Gasteiger partial charge in [-0.15, -0.1) is 0 Å². The maximum Gasteiger partial charge on any atom is 0.333 e. The van der Waals surface area contributed by atoms with E-state index in [4.69, 9.17) is 5.14 Å². The number of anilines is 1. The van der Waals surface area contributed by atoms with E-state index in [2.05, 4.69) is 24.5 Å². The van der Waals surface area contributed by atoms with Gasteiger partial charge < -0.3 is 9.88 Å². The van der Waals surface area contributed by atoms with E-state index in [0.717, 1.165) is 5.65 Å². The average Bonchev–Trinajstić information content (AvgIpc) is 3.10. The predicted molar refractivity (Wildman–Crippen MR) is 80.2 cm³/mol. The fourth-order valence-corrected chi connectivity index (χ4v) is 2.91. The summed E-state index contributed by atoms with van der Waals surface area (Å²) in [5, 5.41) is 7.81. The van der Waals surface area contributed by atoms with Gasteiger partial charge in [0.05, 0.1) is 19.0 Å². The van der Waals surface area contributed by atoms with Gasteiger partial charge in [0.1, 0.15) is 11.8 Å². The Kier molecular flexibility index (Phi) is 3.81. The summed E-state index contributed by atoms with van der Waals surface area (Å²) in [6.07, 6.45) is 7.78. The van der Waals surface area contributed by atoms with Gasteiger partial charge >= 0.3 is 10.3 Å². The topological polar surface area (TPSA) is 125 Å². The van der Waals surface area contributed by atoms with E-state index < -0.39 is 10.3 Å². The summed E-state index contributed by atoms with van der Waals surface area (Å²) in [6.45, 7) is 0.0369. The van der Waals surface area contributed by atoms with Crippen molar-refractivity contribution in [2.24, 2.45) is 11.1 Å². The van der Waals surface area contributed by atoms with Gasteiger partial charge in [-0.3, -0.25) is 4.18 Å². The Morgan fingerprint density at radius 2 is 2.23 bits per heavy atom. The summed E-state index contributed by atoms with van der Waals surface area (Å²) in [7, 11) is -2.13. The van der Waals surface area contributed by atoms with Crippen molar-refractivity contribution in [1.29, 1.82) is 0 Å². The van der Waals surface area contributed by atoms with Crippen LogP contribution in [0.5, 0.6) is 0 Å². The number of nitrogens with two attached hydrogens (primary N) is 1. The minimum absolute atomic E-state index is 0.0219. The predicted octanol–water partition coefficient (Wildman–Crippen LogP) is 0.205. The van der Waals surface area contributed by atoms with Gasteiger partial charge in [-0.25, -0.2) is 20.1 Å². The number of hydrogen-bond donors (Lipinski definition) is 2. The molecule has 118 valence electrons. The molecule has 22 heavy (non-hydrogen) atoms. The van der Waals surface area contributed by atoms with Crippen molar-refractivity contribution in [1.82, 2.24) is 19.5 Å². The molecule has 2 unspecified atom stereocenters. The molecule has 10 heteroatoms. The van der Waals surface area contributed by atoms with Gasteiger partial charge in [0, 0.05) is 13.0 Å². The molecule has 1 aliphatic rings. The van der Waals surface area contributed by atoms with Crippen LogP contribution in [0.25, 0.3) is 11.2 Å². The lowest BCUT2D eigenvalue weighted by atomic mass is 10.1. The second-order valence-corrected chi connectivity index (χ2v) is 6.24. The minimum atomic E-state index is -3.91. The molecule has 0 radical (unpaired) electrons. The highest BCUT2D eigenvalue weighted by molar-refractivity contribution is 7.84. The first-order chi connectivity index (χ1) is 10.5. The maximum atomic E-state index is 10.8. The van der Waals surface area contributed by atoms with E-state index in [1.54, 1.807) is 13.4 Å². The standard InChI is InChI=1S/C12H16N6O3S/c1-14-11-10-12(16-6-15-11)18(7-17-10)9-3-2-8(4-9)5-21-22(13,19)20/h2-3,6-9H,4-5H2,1H3,(H2,13,19,20)(H,14,15,16). The second kappa shape index (κ2) is 5.63. The third kappa shape index (κ3) is 2.93. The zero-order valence-electron chi connectivity index (χ0n) is 11.9. The van der Waals surface area contributed by atoms with Crippen LogP contribution in [0.4, 0.5) is 5.82 Å². The Morgan fingerprint density at radius 1 is 1.41 bits per heavy atom. The first kappa shape index (κ1) is 14.9. The minimum Gasteiger partial charge on any atom is -0.371 e. The average molecular weight is 324 g/mol. The highest BCUT2D eigenvalue weighted by Crippen LogP contribution is 2.31. The summed E-state index contributed by atoms with van der Waals surface area (Å²) >= 11 is 0. The highest BCUT2D eigenvalue weighted by Gasteiger charge is 2.24. The maximum absolute atomic E-state index is 10.8. The van der Waals surface area contributed by atoms with Crippen LogP contribution in [-0.4, -0.2) is 41.6 Å². The second-order valence-electron chi connectivity index (χ2n) is 5.02. The molecule has 2 aromatic rings. The van der Waals surface area contributed by atoms with Crippen molar-refractivity contribution in [2.45, 2.75) is 12.5 Å². The van der Waals surface area contributed by atoms with Crippen LogP contribution < -0.4 is 10.5 Å². The molecule has 1 aliphatic carbocycles. The zero-order valence-corrected chi connectivity index (χ0v) is 12.7. The lowest BCUT2D eigenvalue weighted by Gasteiger charge is -2.13. The van der Waals surface area contributed by atoms with Gasteiger partial charge in [0.2, 0.25) is 0 Å². The number of aromatic nitrogens is 4. The number of nitrogens with one attached hydrogen (secondary N) is 1. The molecule has 3 rings (SSSR count). The smallest absolute Gasteiger partial charge is 0.333 e. The molecule has 9 nitrogen and oxygen atoms in total. The SMILES string of the molecule is CNc1ncnc2c1ncn2C1C=CC(COS(N)(=O)=O)C1. The Balaban J connectivity index is 1.78. The third-order valence-electron chi connectivity index (χ3n) is 3.55. The molecule has 3 N–H and O–H groups in total. The molecular weight excluding hydrogens is 308 g/mol. The summed E-state index contributed by atoms with van der Waals surface area (Å²) in [6, 6.07) is 0.0404. The first-order valence-corrected chi connectivity index (χ1v) is 8.16. The molecule has 0 fully saturated rings.